The number of aromatic nitrogens is 2. The highest BCUT2D eigenvalue weighted by Gasteiger charge is 2.31. The van der Waals surface area contributed by atoms with E-state index in [1.165, 1.54) is 18.5 Å². The summed E-state index contributed by atoms with van der Waals surface area (Å²) in [4.78, 5) is 33.0. The van der Waals surface area contributed by atoms with Crippen LogP contribution in [-0.4, -0.2) is 24.6 Å². The third-order valence-electron chi connectivity index (χ3n) is 1.19. The standard InChI is InChI=1S/C5H8N2O6P2/c8-14(9,13-15(10,11)12)4-5-6-2-1-3-7-5/h1-3H,4H2,(H,8,9)(H2,10,11,12). The van der Waals surface area contributed by atoms with E-state index in [-0.39, 0.29) is 5.82 Å². The lowest BCUT2D eigenvalue weighted by Crippen LogP contribution is -1.97. The molecule has 1 aromatic heterocycles. The molecule has 0 aromatic carbocycles. The monoisotopic (exact) mass is 254 g/mol. The minimum absolute atomic E-state index is 0.0308. The Morgan fingerprint density at radius 2 is 1.73 bits per heavy atom. The molecule has 0 amide bonds. The quantitative estimate of drug-likeness (QED) is 0.652. The minimum Gasteiger partial charge on any atom is -0.324 e. The number of rotatable bonds is 4. The molecule has 3 N–H and O–H groups in total. The first-order valence-corrected chi connectivity index (χ1v) is 6.92. The van der Waals surface area contributed by atoms with Crippen LogP contribution in [0.5, 0.6) is 0 Å². The second-order valence-corrected chi connectivity index (χ2v) is 5.76. The third-order valence-corrected chi connectivity index (χ3v) is 3.75. The van der Waals surface area contributed by atoms with E-state index < -0.39 is 21.6 Å². The summed E-state index contributed by atoms with van der Waals surface area (Å²) in [6.07, 6.45) is 2.01. The second kappa shape index (κ2) is 4.49. The summed E-state index contributed by atoms with van der Waals surface area (Å²) in [6.45, 7) is 0. The number of phosphoric acid groups is 1. The van der Waals surface area contributed by atoms with Gasteiger partial charge in [-0.2, -0.15) is 0 Å². The van der Waals surface area contributed by atoms with E-state index in [1.54, 1.807) is 0 Å². The number of hydrogen-bond acceptors (Lipinski definition) is 5. The van der Waals surface area contributed by atoms with Gasteiger partial charge in [-0.1, -0.05) is 0 Å². The van der Waals surface area contributed by atoms with Crippen LogP contribution in [0.3, 0.4) is 0 Å². The minimum atomic E-state index is -4.99. The Morgan fingerprint density at radius 1 is 1.20 bits per heavy atom. The van der Waals surface area contributed by atoms with Crippen LogP contribution in [-0.2, 0) is 19.6 Å². The second-order valence-electron chi connectivity index (χ2n) is 2.53. The van der Waals surface area contributed by atoms with Gasteiger partial charge in [-0.15, -0.1) is 0 Å². The zero-order valence-electron chi connectivity index (χ0n) is 7.29. The van der Waals surface area contributed by atoms with E-state index in [0.29, 0.717) is 0 Å². The van der Waals surface area contributed by atoms with Crippen molar-refractivity contribution >= 4 is 15.4 Å². The maximum Gasteiger partial charge on any atom is 0.476 e. The van der Waals surface area contributed by atoms with Crippen LogP contribution in [0.4, 0.5) is 0 Å². The van der Waals surface area contributed by atoms with Gasteiger partial charge in [0.15, 0.2) is 0 Å². The van der Waals surface area contributed by atoms with E-state index in [0.717, 1.165) is 0 Å². The molecular weight excluding hydrogens is 246 g/mol. The Balaban J connectivity index is 2.74. The van der Waals surface area contributed by atoms with Crippen LogP contribution in [0.2, 0.25) is 0 Å². The van der Waals surface area contributed by atoms with Crippen molar-refractivity contribution in [1.29, 1.82) is 0 Å². The molecule has 0 aliphatic carbocycles. The van der Waals surface area contributed by atoms with Crippen molar-refractivity contribution in [1.82, 2.24) is 9.97 Å². The lowest BCUT2D eigenvalue weighted by Gasteiger charge is -2.11. The van der Waals surface area contributed by atoms with E-state index in [9.17, 15) is 9.13 Å². The van der Waals surface area contributed by atoms with Crippen molar-refractivity contribution in [2.45, 2.75) is 6.16 Å². The van der Waals surface area contributed by atoms with Gasteiger partial charge in [0, 0.05) is 12.4 Å². The maximum atomic E-state index is 11.2. The molecule has 0 fully saturated rings. The molecule has 0 saturated carbocycles. The fraction of sp³-hybridized carbons (Fsp3) is 0.200. The largest absolute Gasteiger partial charge is 0.476 e. The van der Waals surface area contributed by atoms with Crippen molar-refractivity contribution in [3.8, 4) is 0 Å². The van der Waals surface area contributed by atoms with Gasteiger partial charge < -0.3 is 14.7 Å². The van der Waals surface area contributed by atoms with Gasteiger partial charge in [0.05, 0.1) is 0 Å². The molecule has 1 aromatic rings. The van der Waals surface area contributed by atoms with E-state index in [2.05, 4.69) is 14.3 Å². The first-order valence-electron chi connectivity index (χ1n) is 3.63. The van der Waals surface area contributed by atoms with E-state index in [4.69, 9.17) is 14.7 Å². The van der Waals surface area contributed by atoms with Crippen LogP contribution in [0, 0.1) is 0 Å². The zero-order chi connectivity index (χ0) is 11.5. The lowest BCUT2D eigenvalue weighted by atomic mass is 10.6. The molecule has 1 unspecified atom stereocenters. The Bertz CT molecular complexity index is 417. The fourth-order valence-corrected chi connectivity index (χ4v) is 2.87. The zero-order valence-corrected chi connectivity index (χ0v) is 9.08. The van der Waals surface area contributed by atoms with Gasteiger partial charge in [-0.05, 0) is 6.07 Å². The highest BCUT2D eigenvalue weighted by Crippen LogP contribution is 2.58. The van der Waals surface area contributed by atoms with Gasteiger partial charge in [-0.25, -0.2) is 18.8 Å². The maximum absolute atomic E-state index is 11.2. The molecule has 84 valence electrons. The molecule has 0 saturated heterocycles. The summed E-state index contributed by atoms with van der Waals surface area (Å²) >= 11 is 0. The van der Waals surface area contributed by atoms with E-state index in [1.807, 2.05) is 0 Å². The van der Waals surface area contributed by atoms with Gasteiger partial charge >= 0.3 is 15.4 Å². The van der Waals surface area contributed by atoms with Crippen LogP contribution < -0.4 is 0 Å². The molecular formula is C5H8N2O6P2. The molecule has 8 nitrogen and oxygen atoms in total. The van der Waals surface area contributed by atoms with Crippen LogP contribution >= 0.6 is 15.4 Å². The molecule has 0 bridgehead atoms. The molecule has 0 aliphatic heterocycles. The highest BCUT2D eigenvalue weighted by atomic mass is 31.3. The van der Waals surface area contributed by atoms with Crippen molar-refractivity contribution in [3.05, 3.63) is 24.3 Å². The van der Waals surface area contributed by atoms with Crippen molar-refractivity contribution in [2.24, 2.45) is 0 Å². The predicted octanol–water partition coefficient (Wildman–Crippen LogP) is 0.271. The number of hydrogen-bond donors (Lipinski definition) is 3. The highest BCUT2D eigenvalue weighted by molar-refractivity contribution is 7.63. The first-order chi connectivity index (χ1) is 6.79. The Hall–Kier alpha value is -0.620. The summed E-state index contributed by atoms with van der Waals surface area (Å²) < 4.78 is 25.2. The summed E-state index contributed by atoms with van der Waals surface area (Å²) in [7, 11) is -9.42. The molecule has 15 heavy (non-hydrogen) atoms. The van der Waals surface area contributed by atoms with Crippen LogP contribution in [0.25, 0.3) is 0 Å². The molecule has 0 radical (unpaired) electrons. The van der Waals surface area contributed by atoms with E-state index >= 15 is 0 Å². The van der Waals surface area contributed by atoms with Gasteiger partial charge in [0.2, 0.25) is 0 Å². The van der Waals surface area contributed by atoms with Crippen molar-refractivity contribution < 1.29 is 28.1 Å². The normalized spacial score (nSPS) is 15.9. The average Bonchev–Trinajstić information content (AvgIpc) is 1.99. The Morgan fingerprint density at radius 3 is 2.20 bits per heavy atom. The summed E-state index contributed by atoms with van der Waals surface area (Å²) in [5.74, 6) is -0.0308. The SMILES string of the molecule is O=P(O)(O)OP(=O)(O)Cc1ncccn1. The van der Waals surface area contributed by atoms with Crippen LogP contribution in [0.15, 0.2) is 18.5 Å². The van der Waals surface area contributed by atoms with Gasteiger partial charge in [-0.3, -0.25) is 4.57 Å². The van der Waals surface area contributed by atoms with Gasteiger partial charge in [0.25, 0.3) is 0 Å². The fourth-order valence-electron chi connectivity index (χ4n) is 0.785. The molecule has 1 rings (SSSR count). The predicted molar refractivity (Wildman–Crippen MR) is 48.7 cm³/mol. The number of nitrogens with zero attached hydrogens (tertiary/aromatic N) is 2. The smallest absolute Gasteiger partial charge is 0.324 e. The Labute approximate surface area is 84.7 Å². The van der Waals surface area contributed by atoms with Crippen molar-refractivity contribution in [2.75, 3.05) is 0 Å². The third kappa shape index (κ3) is 5.13. The molecule has 1 heterocycles. The summed E-state index contributed by atoms with van der Waals surface area (Å²) in [5.41, 5.74) is 0. The summed E-state index contributed by atoms with van der Waals surface area (Å²) in [6, 6.07) is 1.50. The first kappa shape index (κ1) is 12.4. The average molecular weight is 254 g/mol. The summed E-state index contributed by atoms with van der Waals surface area (Å²) in [5, 5.41) is 0. The molecule has 0 aliphatic rings. The molecule has 10 heteroatoms. The van der Waals surface area contributed by atoms with Gasteiger partial charge in [0.1, 0.15) is 12.0 Å². The van der Waals surface area contributed by atoms with Crippen molar-refractivity contribution in [3.63, 3.8) is 0 Å². The van der Waals surface area contributed by atoms with Crippen LogP contribution in [0.1, 0.15) is 5.82 Å². The lowest BCUT2D eigenvalue weighted by molar-refractivity contribution is 0.263. The molecule has 0 spiro atoms. The Kier molecular flexibility index (Phi) is 3.72. The topological polar surface area (TPSA) is 130 Å². The molecule has 1 atom stereocenters.